The van der Waals surface area contributed by atoms with Crippen LogP contribution in [0.25, 0.3) is 0 Å². The molecule has 1 aromatic carbocycles. The van der Waals surface area contributed by atoms with Gasteiger partial charge in [-0.2, -0.15) is 0 Å². The molecule has 3 N–H and O–H groups in total. The van der Waals surface area contributed by atoms with E-state index in [1.54, 1.807) is 0 Å². The van der Waals surface area contributed by atoms with Crippen molar-refractivity contribution < 1.29 is 4.79 Å². The van der Waals surface area contributed by atoms with E-state index in [2.05, 4.69) is 24.4 Å². The van der Waals surface area contributed by atoms with Gasteiger partial charge in [-0.1, -0.05) is 56.5 Å². The molecule has 1 amide bonds. The van der Waals surface area contributed by atoms with E-state index in [1.807, 2.05) is 25.1 Å². The number of primary amides is 1. The second-order valence-electron chi connectivity index (χ2n) is 4.75. The first kappa shape index (κ1) is 14.7. The molecule has 1 aromatic rings. The smallest absolute Gasteiger partial charge is 0.234 e. The summed E-state index contributed by atoms with van der Waals surface area (Å²) in [7, 11) is 0. The van der Waals surface area contributed by atoms with Gasteiger partial charge in [-0.3, -0.25) is 10.1 Å². The van der Waals surface area contributed by atoms with Crippen molar-refractivity contribution in [1.29, 1.82) is 0 Å². The maximum absolute atomic E-state index is 11.2. The molecule has 1 rings (SSSR count). The van der Waals surface area contributed by atoms with Crippen LogP contribution in [-0.2, 0) is 4.79 Å². The summed E-state index contributed by atoms with van der Waals surface area (Å²) in [6.07, 6.45) is 4.62. The molecule has 18 heavy (non-hydrogen) atoms. The number of hydrogen-bond acceptors (Lipinski definition) is 2. The predicted octanol–water partition coefficient (Wildman–Crippen LogP) is 2.77. The minimum Gasteiger partial charge on any atom is -0.368 e. The van der Waals surface area contributed by atoms with Gasteiger partial charge in [0, 0.05) is 6.04 Å². The fourth-order valence-corrected chi connectivity index (χ4v) is 2.01. The lowest BCUT2D eigenvalue weighted by atomic mass is 9.99. The normalized spacial score (nSPS) is 14.1. The zero-order valence-corrected chi connectivity index (χ0v) is 11.4. The quantitative estimate of drug-likeness (QED) is 0.695. The van der Waals surface area contributed by atoms with E-state index in [1.165, 1.54) is 18.4 Å². The van der Waals surface area contributed by atoms with Crippen LogP contribution in [0.3, 0.4) is 0 Å². The highest BCUT2D eigenvalue weighted by Crippen LogP contribution is 2.20. The van der Waals surface area contributed by atoms with Gasteiger partial charge in [-0.25, -0.2) is 0 Å². The lowest BCUT2D eigenvalue weighted by Gasteiger charge is -2.22. The summed E-state index contributed by atoms with van der Waals surface area (Å²) < 4.78 is 0. The number of nitrogens with one attached hydrogen (secondary N) is 1. The highest BCUT2D eigenvalue weighted by molar-refractivity contribution is 5.79. The number of hydrogen-bond donors (Lipinski definition) is 2. The number of carbonyl (C=O) groups is 1. The Morgan fingerprint density at radius 3 is 2.50 bits per heavy atom. The summed E-state index contributed by atoms with van der Waals surface area (Å²) in [6.45, 7) is 4.01. The molecule has 3 heteroatoms. The standard InChI is InChI=1S/C15H24N2O/c1-3-4-6-11-14(17-12(2)15(16)18)13-9-7-5-8-10-13/h5,7-10,12,14,17H,3-4,6,11H2,1-2H3,(H2,16,18). The zero-order chi connectivity index (χ0) is 13.4. The van der Waals surface area contributed by atoms with Crippen LogP contribution in [0.2, 0.25) is 0 Å². The first-order valence-electron chi connectivity index (χ1n) is 6.75. The molecule has 0 aromatic heterocycles. The van der Waals surface area contributed by atoms with Crippen LogP contribution < -0.4 is 11.1 Å². The molecule has 0 fully saturated rings. The molecule has 0 saturated carbocycles. The van der Waals surface area contributed by atoms with Crippen molar-refractivity contribution >= 4 is 5.91 Å². The Balaban J connectivity index is 2.66. The van der Waals surface area contributed by atoms with E-state index in [0.29, 0.717) is 0 Å². The molecule has 100 valence electrons. The van der Waals surface area contributed by atoms with Gasteiger partial charge in [-0.15, -0.1) is 0 Å². The third kappa shape index (κ3) is 4.88. The van der Waals surface area contributed by atoms with Crippen LogP contribution in [0.4, 0.5) is 0 Å². The van der Waals surface area contributed by atoms with Gasteiger partial charge in [0.2, 0.25) is 5.91 Å². The van der Waals surface area contributed by atoms with Gasteiger partial charge in [0.05, 0.1) is 6.04 Å². The number of amides is 1. The second-order valence-corrected chi connectivity index (χ2v) is 4.75. The summed E-state index contributed by atoms with van der Waals surface area (Å²) in [4.78, 5) is 11.2. The zero-order valence-electron chi connectivity index (χ0n) is 11.4. The Labute approximate surface area is 110 Å². The molecule has 0 spiro atoms. The molecule has 2 unspecified atom stereocenters. The highest BCUT2D eigenvalue weighted by Gasteiger charge is 2.16. The molecule has 0 aliphatic carbocycles. The Kier molecular flexibility index (Phi) is 6.44. The van der Waals surface area contributed by atoms with Crippen LogP contribution in [0, 0.1) is 0 Å². The lowest BCUT2D eigenvalue weighted by Crippen LogP contribution is -2.40. The third-order valence-corrected chi connectivity index (χ3v) is 3.18. The van der Waals surface area contributed by atoms with E-state index < -0.39 is 0 Å². The molecular formula is C15H24N2O. The number of carbonyl (C=O) groups excluding carboxylic acids is 1. The van der Waals surface area contributed by atoms with Crippen LogP contribution in [0.1, 0.15) is 51.1 Å². The summed E-state index contributed by atoms with van der Waals surface area (Å²) in [5, 5.41) is 3.32. The number of unbranched alkanes of at least 4 members (excludes halogenated alkanes) is 2. The first-order valence-corrected chi connectivity index (χ1v) is 6.75. The van der Waals surface area contributed by atoms with E-state index in [0.717, 1.165) is 12.8 Å². The van der Waals surface area contributed by atoms with E-state index >= 15 is 0 Å². The molecular weight excluding hydrogens is 224 g/mol. The van der Waals surface area contributed by atoms with Gasteiger partial charge < -0.3 is 5.73 Å². The molecule has 0 bridgehead atoms. The predicted molar refractivity (Wildman–Crippen MR) is 75.1 cm³/mol. The largest absolute Gasteiger partial charge is 0.368 e. The summed E-state index contributed by atoms with van der Waals surface area (Å²) >= 11 is 0. The van der Waals surface area contributed by atoms with Crippen molar-refractivity contribution in [1.82, 2.24) is 5.32 Å². The van der Waals surface area contributed by atoms with Gasteiger partial charge in [0.25, 0.3) is 0 Å². The topological polar surface area (TPSA) is 55.1 Å². The summed E-state index contributed by atoms with van der Waals surface area (Å²) in [6, 6.07) is 10.2. The Morgan fingerprint density at radius 1 is 1.28 bits per heavy atom. The van der Waals surface area contributed by atoms with Crippen molar-refractivity contribution in [2.45, 2.75) is 51.6 Å². The maximum atomic E-state index is 11.2. The molecule has 2 atom stereocenters. The van der Waals surface area contributed by atoms with Gasteiger partial charge >= 0.3 is 0 Å². The molecule has 0 aliphatic heterocycles. The van der Waals surface area contributed by atoms with Gasteiger partial charge in [-0.05, 0) is 18.9 Å². The number of nitrogens with two attached hydrogens (primary N) is 1. The molecule has 0 saturated heterocycles. The summed E-state index contributed by atoms with van der Waals surface area (Å²) in [5.74, 6) is -0.300. The summed E-state index contributed by atoms with van der Waals surface area (Å²) in [5.41, 5.74) is 6.54. The molecule has 0 heterocycles. The van der Waals surface area contributed by atoms with Crippen molar-refractivity contribution in [3.8, 4) is 0 Å². The number of rotatable bonds is 8. The Hall–Kier alpha value is -1.35. The molecule has 0 radical (unpaired) electrons. The van der Waals surface area contributed by atoms with Crippen LogP contribution >= 0.6 is 0 Å². The number of benzene rings is 1. The van der Waals surface area contributed by atoms with Crippen molar-refractivity contribution in [2.75, 3.05) is 0 Å². The fraction of sp³-hybridized carbons (Fsp3) is 0.533. The minimum atomic E-state index is -0.300. The van der Waals surface area contributed by atoms with Crippen molar-refractivity contribution in [2.24, 2.45) is 5.73 Å². The van der Waals surface area contributed by atoms with E-state index in [9.17, 15) is 4.79 Å². The Morgan fingerprint density at radius 2 is 1.94 bits per heavy atom. The van der Waals surface area contributed by atoms with Crippen molar-refractivity contribution in [3.05, 3.63) is 35.9 Å². The second kappa shape index (κ2) is 7.88. The highest BCUT2D eigenvalue weighted by atomic mass is 16.1. The van der Waals surface area contributed by atoms with Crippen LogP contribution in [0.15, 0.2) is 30.3 Å². The monoisotopic (exact) mass is 248 g/mol. The van der Waals surface area contributed by atoms with Crippen LogP contribution in [-0.4, -0.2) is 11.9 Å². The maximum Gasteiger partial charge on any atom is 0.234 e. The average molecular weight is 248 g/mol. The van der Waals surface area contributed by atoms with E-state index in [4.69, 9.17) is 5.73 Å². The lowest BCUT2D eigenvalue weighted by molar-refractivity contribution is -0.119. The van der Waals surface area contributed by atoms with E-state index in [-0.39, 0.29) is 18.0 Å². The minimum absolute atomic E-state index is 0.209. The fourth-order valence-electron chi connectivity index (χ4n) is 2.01. The molecule has 3 nitrogen and oxygen atoms in total. The average Bonchev–Trinajstić information content (AvgIpc) is 2.38. The van der Waals surface area contributed by atoms with Gasteiger partial charge in [0.1, 0.15) is 0 Å². The molecule has 0 aliphatic rings. The van der Waals surface area contributed by atoms with Gasteiger partial charge in [0.15, 0.2) is 0 Å². The third-order valence-electron chi connectivity index (χ3n) is 3.18. The van der Waals surface area contributed by atoms with Crippen LogP contribution in [0.5, 0.6) is 0 Å². The van der Waals surface area contributed by atoms with Crippen molar-refractivity contribution in [3.63, 3.8) is 0 Å². The Bertz CT molecular complexity index is 351. The SMILES string of the molecule is CCCCCC(NC(C)C(N)=O)c1ccccc1. The first-order chi connectivity index (χ1) is 8.65.